The molecule has 0 aromatic carbocycles. The van der Waals surface area contributed by atoms with Gasteiger partial charge in [-0.15, -0.1) is 0 Å². The third-order valence-electron chi connectivity index (χ3n) is 4.54. The average Bonchev–Trinajstić information content (AvgIpc) is 2.81. The highest BCUT2D eigenvalue weighted by molar-refractivity contribution is 5.07. The molecule has 1 aromatic rings. The molecule has 1 N–H and O–H groups in total. The Morgan fingerprint density at radius 3 is 2.76 bits per heavy atom. The van der Waals surface area contributed by atoms with Crippen LogP contribution in [0.5, 0.6) is 0 Å². The van der Waals surface area contributed by atoms with Gasteiger partial charge in [-0.3, -0.25) is 0 Å². The Labute approximate surface area is 104 Å². The monoisotopic (exact) mass is 233 g/mol. The summed E-state index contributed by atoms with van der Waals surface area (Å²) in [5.41, 5.74) is 0. The lowest BCUT2D eigenvalue weighted by atomic mass is 9.93. The maximum Gasteiger partial charge on any atom is 0.126 e. The minimum Gasteiger partial charge on any atom is -0.334 e. The summed E-state index contributed by atoms with van der Waals surface area (Å²) in [6.45, 7) is 6.45. The van der Waals surface area contributed by atoms with Gasteiger partial charge >= 0.3 is 0 Å². The quantitative estimate of drug-likeness (QED) is 0.847. The minimum atomic E-state index is 0.475. The van der Waals surface area contributed by atoms with Gasteiger partial charge in [0.1, 0.15) is 5.82 Å². The van der Waals surface area contributed by atoms with Gasteiger partial charge in [0, 0.05) is 18.9 Å². The van der Waals surface area contributed by atoms with Gasteiger partial charge in [0.05, 0.1) is 6.04 Å². The molecule has 0 saturated heterocycles. The third kappa shape index (κ3) is 2.01. The molecular weight excluding hydrogens is 210 g/mol. The highest BCUT2D eigenvalue weighted by atomic mass is 15.1. The number of hydrogen-bond donors (Lipinski definition) is 1. The van der Waals surface area contributed by atoms with E-state index >= 15 is 0 Å². The van der Waals surface area contributed by atoms with E-state index in [-0.39, 0.29) is 0 Å². The number of nitrogens with zero attached hydrogens (tertiary/aromatic N) is 2. The molecule has 0 radical (unpaired) electrons. The van der Waals surface area contributed by atoms with E-state index in [9.17, 15) is 0 Å². The number of aryl methyl sites for hydroxylation is 1. The minimum absolute atomic E-state index is 0.475. The van der Waals surface area contributed by atoms with Gasteiger partial charge in [-0.25, -0.2) is 4.98 Å². The zero-order valence-corrected chi connectivity index (χ0v) is 10.9. The summed E-state index contributed by atoms with van der Waals surface area (Å²) < 4.78 is 2.29. The first kappa shape index (κ1) is 11.3. The van der Waals surface area contributed by atoms with Crippen molar-refractivity contribution in [2.45, 2.75) is 45.7 Å². The molecule has 94 valence electrons. The molecule has 3 rings (SSSR count). The largest absolute Gasteiger partial charge is 0.334 e. The topological polar surface area (TPSA) is 29.9 Å². The van der Waals surface area contributed by atoms with Crippen LogP contribution in [-0.2, 0) is 6.54 Å². The van der Waals surface area contributed by atoms with Crippen molar-refractivity contribution in [1.82, 2.24) is 14.9 Å². The standard InChI is InChI=1S/C14H23N3/c1-3-15-13(12-8-10-7-11(10)9-12)14-16-5-6-17(14)4-2/h5-6,10-13,15H,3-4,7-9H2,1-2H3. The number of nitrogens with one attached hydrogen (secondary N) is 1. The summed E-state index contributed by atoms with van der Waals surface area (Å²) in [6.07, 6.45) is 8.38. The zero-order chi connectivity index (χ0) is 11.8. The molecule has 1 heterocycles. The molecule has 2 saturated carbocycles. The highest BCUT2D eigenvalue weighted by Gasteiger charge is 2.48. The van der Waals surface area contributed by atoms with Crippen LogP contribution in [0.25, 0.3) is 0 Å². The molecule has 3 atom stereocenters. The number of fused-ring (bicyclic) bond motifs is 1. The second-order valence-corrected chi connectivity index (χ2v) is 5.59. The van der Waals surface area contributed by atoms with E-state index in [1.54, 1.807) is 0 Å². The Hall–Kier alpha value is -0.830. The van der Waals surface area contributed by atoms with E-state index in [4.69, 9.17) is 0 Å². The smallest absolute Gasteiger partial charge is 0.126 e. The van der Waals surface area contributed by atoms with Crippen molar-refractivity contribution in [3.8, 4) is 0 Å². The van der Waals surface area contributed by atoms with Crippen molar-refractivity contribution < 1.29 is 0 Å². The molecule has 0 amide bonds. The van der Waals surface area contributed by atoms with Crippen LogP contribution in [0.15, 0.2) is 12.4 Å². The van der Waals surface area contributed by atoms with Gasteiger partial charge in [-0.2, -0.15) is 0 Å². The Morgan fingerprint density at radius 1 is 1.35 bits per heavy atom. The third-order valence-corrected chi connectivity index (χ3v) is 4.54. The number of hydrogen-bond acceptors (Lipinski definition) is 2. The zero-order valence-electron chi connectivity index (χ0n) is 10.9. The van der Waals surface area contributed by atoms with Crippen LogP contribution in [0, 0.1) is 17.8 Å². The molecule has 2 aliphatic carbocycles. The Bertz CT molecular complexity index is 375. The lowest BCUT2D eigenvalue weighted by Gasteiger charge is -2.25. The molecule has 0 bridgehead atoms. The van der Waals surface area contributed by atoms with Crippen molar-refractivity contribution in [2.75, 3.05) is 6.54 Å². The van der Waals surface area contributed by atoms with Crippen molar-refractivity contribution in [1.29, 1.82) is 0 Å². The second-order valence-electron chi connectivity index (χ2n) is 5.59. The molecular formula is C14H23N3. The van der Waals surface area contributed by atoms with Crippen molar-refractivity contribution in [2.24, 2.45) is 17.8 Å². The van der Waals surface area contributed by atoms with Gasteiger partial charge in [-0.05, 0) is 50.5 Å². The number of aromatic nitrogens is 2. The Morgan fingerprint density at radius 2 is 2.12 bits per heavy atom. The fourth-order valence-corrected chi connectivity index (χ4v) is 3.59. The SMILES string of the molecule is CCNC(c1nccn1CC)C1CC2CC2C1. The maximum absolute atomic E-state index is 4.59. The van der Waals surface area contributed by atoms with Crippen LogP contribution < -0.4 is 5.32 Å². The van der Waals surface area contributed by atoms with Gasteiger partial charge < -0.3 is 9.88 Å². The fourth-order valence-electron chi connectivity index (χ4n) is 3.59. The first-order valence-electron chi connectivity index (χ1n) is 7.07. The van der Waals surface area contributed by atoms with Gasteiger partial charge in [0.15, 0.2) is 0 Å². The van der Waals surface area contributed by atoms with Crippen LogP contribution in [0.1, 0.15) is 45.0 Å². The van der Waals surface area contributed by atoms with Gasteiger partial charge in [-0.1, -0.05) is 6.92 Å². The summed E-state index contributed by atoms with van der Waals surface area (Å²) in [5, 5.41) is 3.66. The number of imidazole rings is 1. The average molecular weight is 233 g/mol. The van der Waals surface area contributed by atoms with E-state index < -0.39 is 0 Å². The number of rotatable bonds is 5. The van der Waals surface area contributed by atoms with E-state index in [1.807, 2.05) is 6.20 Å². The van der Waals surface area contributed by atoms with Crippen LogP contribution in [0.2, 0.25) is 0 Å². The molecule has 2 fully saturated rings. The molecule has 3 nitrogen and oxygen atoms in total. The van der Waals surface area contributed by atoms with E-state index in [1.165, 1.54) is 25.1 Å². The first-order valence-corrected chi connectivity index (χ1v) is 7.07. The maximum atomic E-state index is 4.59. The van der Waals surface area contributed by atoms with Gasteiger partial charge in [0.2, 0.25) is 0 Å². The lowest BCUT2D eigenvalue weighted by Crippen LogP contribution is -2.30. The molecule has 3 heteroatoms. The van der Waals surface area contributed by atoms with Crippen LogP contribution in [0.4, 0.5) is 0 Å². The van der Waals surface area contributed by atoms with Crippen LogP contribution in [-0.4, -0.2) is 16.1 Å². The molecule has 0 aliphatic heterocycles. The first-order chi connectivity index (χ1) is 8.33. The van der Waals surface area contributed by atoms with Crippen molar-refractivity contribution in [3.05, 3.63) is 18.2 Å². The predicted octanol–water partition coefficient (Wildman–Crippen LogP) is 2.60. The van der Waals surface area contributed by atoms with Crippen molar-refractivity contribution >= 4 is 0 Å². The molecule has 1 aromatic heterocycles. The van der Waals surface area contributed by atoms with Crippen molar-refractivity contribution in [3.63, 3.8) is 0 Å². The molecule has 17 heavy (non-hydrogen) atoms. The predicted molar refractivity (Wildman–Crippen MR) is 68.6 cm³/mol. The summed E-state index contributed by atoms with van der Waals surface area (Å²) in [4.78, 5) is 4.59. The summed E-state index contributed by atoms with van der Waals surface area (Å²) in [7, 11) is 0. The van der Waals surface area contributed by atoms with E-state index in [2.05, 4.69) is 34.9 Å². The molecule has 3 unspecified atom stereocenters. The lowest BCUT2D eigenvalue weighted by molar-refractivity contribution is 0.326. The Balaban J connectivity index is 1.79. The van der Waals surface area contributed by atoms with Crippen LogP contribution in [0.3, 0.4) is 0 Å². The summed E-state index contributed by atoms with van der Waals surface area (Å²) in [5.74, 6) is 4.16. The molecule has 0 spiro atoms. The Kier molecular flexibility index (Phi) is 2.95. The summed E-state index contributed by atoms with van der Waals surface area (Å²) >= 11 is 0. The summed E-state index contributed by atoms with van der Waals surface area (Å²) in [6, 6.07) is 0.475. The van der Waals surface area contributed by atoms with Crippen LogP contribution >= 0.6 is 0 Å². The normalized spacial score (nSPS) is 32.5. The molecule has 2 aliphatic rings. The van der Waals surface area contributed by atoms with E-state index in [0.29, 0.717) is 6.04 Å². The van der Waals surface area contributed by atoms with E-state index in [0.717, 1.165) is 30.8 Å². The fraction of sp³-hybridized carbons (Fsp3) is 0.786. The highest BCUT2D eigenvalue weighted by Crippen LogP contribution is 2.56. The van der Waals surface area contributed by atoms with Gasteiger partial charge in [0.25, 0.3) is 0 Å². The second kappa shape index (κ2) is 4.45.